The van der Waals surface area contributed by atoms with E-state index in [1.807, 2.05) is 48.5 Å². The van der Waals surface area contributed by atoms with Crippen LogP contribution in [0, 0.1) is 5.92 Å². The third-order valence-corrected chi connectivity index (χ3v) is 6.63. The average Bonchev–Trinajstić information content (AvgIpc) is 3.49. The smallest absolute Gasteiger partial charge is 0.262 e. The molecule has 1 unspecified atom stereocenters. The largest absolute Gasteiger partial charge is 0.497 e. The highest BCUT2D eigenvalue weighted by atomic mass is 35.5. The zero-order valence-electron chi connectivity index (χ0n) is 18.5. The first-order chi connectivity index (χ1) is 15.5. The maximum absolute atomic E-state index is 13.3. The molecular formula is C25H28ClN3O3. The number of carbonyl (C=O) groups excluding carboxylic acids is 2. The number of benzene rings is 2. The molecule has 0 aromatic heterocycles. The van der Waals surface area contributed by atoms with E-state index in [1.165, 1.54) is 5.01 Å². The van der Waals surface area contributed by atoms with E-state index in [0.717, 1.165) is 48.3 Å². The molecule has 0 N–H and O–H groups in total. The van der Waals surface area contributed by atoms with Gasteiger partial charge < -0.3 is 9.64 Å². The van der Waals surface area contributed by atoms with E-state index < -0.39 is 0 Å². The lowest BCUT2D eigenvalue weighted by Crippen LogP contribution is -2.41. The highest BCUT2D eigenvalue weighted by Crippen LogP contribution is 2.37. The fraction of sp³-hybridized carbons (Fsp3) is 0.400. The van der Waals surface area contributed by atoms with Crippen LogP contribution in [-0.2, 0) is 9.59 Å². The number of nitrogens with zero attached hydrogens (tertiary/aromatic N) is 3. The second kappa shape index (κ2) is 9.74. The summed E-state index contributed by atoms with van der Waals surface area (Å²) in [5, 5.41) is 6.78. The van der Waals surface area contributed by atoms with Crippen molar-refractivity contribution in [2.45, 2.75) is 38.1 Å². The van der Waals surface area contributed by atoms with Gasteiger partial charge in [0.15, 0.2) is 0 Å². The van der Waals surface area contributed by atoms with Gasteiger partial charge in [0.2, 0.25) is 5.91 Å². The summed E-state index contributed by atoms with van der Waals surface area (Å²) in [6.07, 6.45) is 4.49. The number of amides is 2. The van der Waals surface area contributed by atoms with Gasteiger partial charge in [-0.25, -0.2) is 5.01 Å². The highest BCUT2D eigenvalue weighted by Gasteiger charge is 2.35. The van der Waals surface area contributed by atoms with Gasteiger partial charge in [-0.15, -0.1) is 0 Å². The number of hydrogen-bond acceptors (Lipinski definition) is 4. The molecule has 7 heteroatoms. The number of methoxy groups -OCH3 is 1. The first-order valence-corrected chi connectivity index (χ1v) is 11.4. The summed E-state index contributed by atoms with van der Waals surface area (Å²) in [5.74, 6) is 0.579. The molecule has 2 aliphatic rings. The Morgan fingerprint density at radius 1 is 1.16 bits per heavy atom. The maximum Gasteiger partial charge on any atom is 0.262 e. The summed E-state index contributed by atoms with van der Waals surface area (Å²) in [6, 6.07) is 14.8. The fourth-order valence-corrected chi connectivity index (χ4v) is 4.80. The molecule has 0 spiro atoms. The molecule has 1 heterocycles. The van der Waals surface area contributed by atoms with Gasteiger partial charge in [-0.2, -0.15) is 5.10 Å². The van der Waals surface area contributed by atoms with Gasteiger partial charge in [-0.3, -0.25) is 9.59 Å². The molecule has 1 aliphatic heterocycles. The quantitative estimate of drug-likeness (QED) is 0.638. The van der Waals surface area contributed by atoms with E-state index in [1.54, 1.807) is 19.1 Å². The minimum Gasteiger partial charge on any atom is -0.497 e. The third-order valence-electron chi connectivity index (χ3n) is 6.29. The Bertz CT molecular complexity index is 1030. The van der Waals surface area contributed by atoms with Crippen LogP contribution in [0.2, 0.25) is 5.02 Å². The zero-order valence-corrected chi connectivity index (χ0v) is 19.2. The molecule has 168 valence electrons. The van der Waals surface area contributed by atoms with Crippen molar-refractivity contribution in [3.63, 3.8) is 0 Å². The first-order valence-electron chi connectivity index (χ1n) is 11.0. The van der Waals surface area contributed by atoms with Crippen molar-refractivity contribution in [3.05, 3.63) is 64.7 Å². The molecule has 6 nitrogen and oxygen atoms in total. The Kier molecular flexibility index (Phi) is 6.80. The molecule has 1 atom stereocenters. The molecular weight excluding hydrogens is 426 g/mol. The second-order valence-electron chi connectivity index (χ2n) is 8.43. The second-order valence-corrected chi connectivity index (χ2v) is 8.84. The van der Waals surface area contributed by atoms with E-state index in [2.05, 4.69) is 0 Å². The third kappa shape index (κ3) is 4.65. The Labute approximate surface area is 193 Å². The van der Waals surface area contributed by atoms with E-state index >= 15 is 0 Å². The molecule has 0 radical (unpaired) electrons. The lowest BCUT2D eigenvalue weighted by molar-refractivity contribution is -0.142. The summed E-state index contributed by atoms with van der Waals surface area (Å²) >= 11 is 6.48. The predicted molar refractivity (Wildman–Crippen MR) is 125 cm³/mol. The summed E-state index contributed by atoms with van der Waals surface area (Å²) in [4.78, 5) is 27.6. The highest BCUT2D eigenvalue weighted by molar-refractivity contribution is 6.31. The minimum atomic E-state index is -0.326. The SMILES string of the molecule is COc1cccc(C2=NN(C(=O)CN(C)C(=O)C3CCCC3)C(c3ccccc3Cl)C2)c1. The standard InChI is InChI=1S/C25H28ClN3O3/c1-28(25(31)17-8-3-4-9-17)16-24(30)29-23(20-12-5-6-13-21(20)26)15-22(27-29)18-10-7-11-19(14-18)32-2/h5-7,10-14,17,23H,3-4,8-9,15-16H2,1-2H3. The molecule has 4 rings (SSSR count). The number of carbonyl (C=O) groups is 2. The van der Waals surface area contributed by atoms with Crippen LogP contribution in [0.3, 0.4) is 0 Å². The van der Waals surface area contributed by atoms with E-state index in [-0.39, 0.29) is 30.3 Å². The van der Waals surface area contributed by atoms with Crippen molar-refractivity contribution < 1.29 is 14.3 Å². The minimum absolute atomic E-state index is 0.00875. The van der Waals surface area contributed by atoms with Crippen LogP contribution < -0.4 is 4.74 Å². The number of rotatable bonds is 6. The van der Waals surface area contributed by atoms with Crippen molar-refractivity contribution in [2.75, 3.05) is 20.7 Å². The summed E-state index contributed by atoms with van der Waals surface area (Å²) in [5.41, 5.74) is 2.52. The molecule has 1 fully saturated rings. The number of halogens is 1. The van der Waals surface area contributed by atoms with Gasteiger partial charge in [-0.05, 0) is 36.6 Å². The lowest BCUT2D eigenvalue weighted by Gasteiger charge is -2.26. The molecule has 2 amide bonds. The van der Waals surface area contributed by atoms with Gasteiger partial charge in [-0.1, -0.05) is 54.8 Å². The first kappa shape index (κ1) is 22.3. The van der Waals surface area contributed by atoms with Crippen LogP contribution in [0.1, 0.15) is 49.3 Å². The normalized spacial score (nSPS) is 18.5. The van der Waals surface area contributed by atoms with Gasteiger partial charge >= 0.3 is 0 Å². The Morgan fingerprint density at radius 3 is 2.62 bits per heavy atom. The zero-order chi connectivity index (χ0) is 22.7. The van der Waals surface area contributed by atoms with Gasteiger partial charge in [0.1, 0.15) is 12.3 Å². The Hall–Kier alpha value is -2.86. The Balaban J connectivity index is 1.60. The number of likely N-dealkylation sites (N-methyl/N-ethyl adjacent to an activating group) is 1. The van der Waals surface area contributed by atoms with Crippen molar-refractivity contribution in [2.24, 2.45) is 11.0 Å². The van der Waals surface area contributed by atoms with Crippen LogP contribution >= 0.6 is 11.6 Å². The van der Waals surface area contributed by atoms with E-state index in [9.17, 15) is 9.59 Å². The molecule has 1 aliphatic carbocycles. The van der Waals surface area contributed by atoms with Crippen molar-refractivity contribution >= 4 is 29.1 Å². The van der Waals surface area contributed by atoms with Crippen molar-refractivity contribution in [3.8, 4) is 5.75 Å². The number of ether oxygens (including phenoxy) is 1. The van der Waals surface area contributed by atoms with E-state index in [4.69, 9.17) is 21.4 Å². The molecule has 0 saturated heterocycles. The molecule has 2 aromatic rings. The van der Waals surface area contributed by atoms with Crippen LogP contribution in [0.4, 0.5) is 0 Å². The molecule has 32 heavy (non-hydrogen) atoms. The van der Waals surface area contributed by atoms with Crippen molar-refractivity contribution in [1.29, 1.82) is 0 Å². The van der Waals surface area contributed by atoms with Gasteiger partial charge in [0.05, 0.1) is 18.9 Å². The number of hydrazone groups is 1. The van der Waals surface area contributed by atoms with Crippen LogP contribution in [-0.4, -0.2) is 48.1 Å². The topological polar surface area (TPSA) is 62.2 Å². The van der Waals surface area contributed by atoms with Crippen LogP contribution in [0.5, 0.6) is 5.75 Å². The molecule has 0 bridgehead atoms. The molecule has 2 aromatic carbocycles. The fourth-order valence-electron chi connectivity index (χ4n) is 4.54. The monoisotopic (exact) mass is 453 g/mol. The predicted octanol–water partition coefficient (Wildman–Crippen LogP) is 4.67. The van der Waals surface area contributed by atoms with Crippen molar-refractivity contribution in [1.82, 2.24) is 9.91 Å². The summed E-state index contributed by atoms with van der Waals surface area (Å²) < 4.78 is 5.35. The summed E-state index contributed by atoms with van der Waals surface area (Å²) in [7, 11) is 3.32. The van der Waals surface area contributed by atoms with Crippen LogP contribution in [0.15, 0.2) is 53.6 Å². The molecule has 1 saturated carbocycles. The van der Waals surface area contributed by atoms with Gasteiger partial charge in [0.25, 0.3) is 5.91 Å². The maximum atomic E-state index is 13.3. The lowest BCUT2D eigenvalue weighted by atomic mass is 9.98. The van der Waals surface area contributed by atoms with Gasteiger partial charge in [0, 0.05) is 30.0 Å². The average molecular weight is 454 g/mol. The van der Waals surface area contributed by atoms with Crippen LogP contribution in [0.25, 0.3) is 0 Å². The van der Waals surface area contributed by atoms with E-state index in [0.29, 0.717) is 11.4 Å². The Morgan fingerprint density at radius 2 is 1.91 bits per heavy atom. The summed E-state index contributed by atoms with van der Waals surface area (Å²) in [6.45, 7) is -0.00875. The number of hydrogen-bond donors (Lipinski definition) is 0.